The summed E-state index contributed by atoms with van der Waals surface area (Å²) in [6.07, 6.45) is 2.05. The van der Waals surface area contributed by atoms with Gasteiger partial charge < -0.3 is 5.32 Å². The smallest absolute Gasteiger partial charge is 0.211 e. The summed E-state index contributed by atoms with van der Waals surface area (Å²) in [5, 5.41) is 3.56. The molecule has 14 heavy (non-hydrogen) atoms. The molecule has 1 aliphatic rings. The summed E-state index contributed by atoms with van der Waals surface area (Å²) in [5.74, 6) is 0. The van der Waals surface area contributed by atoms with Crippen molar-refractivity contribution in [3.63, 3.8) is 0 Å². The van der Waals surface area contributed by atoms with Gasteiger partial charge in [-0.2, -0.15) is 0 Å². The Labute approximate surface area is 81.2 Å². The maximum absolute atomic E-state index is 11.4. The third-order valence-corrected chi connectivity index (χ3v) is 3.43. The third-order valence-electron chi connectivity index (χ3n) is 1.97. The highest BCUT2D eigenvalue weighted by Gasteiger charge is 2.20. The van der Waals surface area contributed by atoms with E-state index in [1.807, 2.05) is 0 Å². The molecule has 1 aromatic carbocycles. The fraction of sp³-hybridized carbons (Fsp3) is 0. The fourth-order valence-corrected chi connectivity index (χ4v) is 2.54. The molecule has 2 rings (SSSR count). The van der Waals surface area contributed by atoms with Gasteiger partial charge in [0.1, 0.15) is 0 Å². The number of amides is 1. The summed E-state index contributed by atoms with van der Waals surface area (Å²) >= 11 is 0. The first-order valence-electron chi connectivity index (χ1n) is 3.91. The van der Waals surface area contributed by atoms with E-state index in [4.69, 9.17) is 0 Å². The Morgan fingerprint density at radius 3 is 2.79 bits per heavy atom. The maximum Gasteiger partial charge on any atom is 0.211 e. The molecule has 0 aromatic heterocycles. The predicted molar refractivity (Wildman–Crippen MR) is 52.3 cm³/mol. The molecule has 0 unspecified atom stereocenters. The van der Waals surface area contributed by atoms with Crippen molar-refractivity contribution in [2.45, 2.75) is 4.90 Å². The van der Waals surface area contributed by atoms with Gasteiger partial charge in [0.15, 0.2) is 0 Å². The van der Waals surface area contributed by atoms with E-state index in [2.05, 4.69) is 5.32 Å². The molecule has 0 fully saturated rings. The normalized spacial score (nSPS) is 16.3. The highest BCUT2D eigenvalue weighted by atomic mass is 32.2. The number of nitrogens with one attached hydrogen (secondary N) is 1. The van der Waals surface area contributed by atoms with Crippen molar-refractivity contribution in [3.05, 3.63) is 29.2 Å². The number of carbonyl (C=O) groups excluding carboxylic acids is 1. The van der Waals surface area contributed by atoms with E-state index >= 15 is 0 Å². The number of benzene rings is 1. The molecule has 1 N–H and O–H groups in total. The molecule has 0 saturated carbocycles. The first-order chi connectivity index (χ1) is 6.63. The second kappa shape index (κ2) is 2.95. The van der Waals surface area contributed by atoms with E-state index in [1.54, 1.807) is 12.1 Å². The minimum atomic E-state index is -3.28. The Morgan fingerprint density at radius 1 is 1.29 bits per heavy atom. The zero-order chi connectivity index (χ0) is 10.2. The highest BCUT2D eigenvalue weighted by Crippen LogP contribution is 2.28. The number of rotatable bonds is 2. The Kier molecular flexibility index (Phi) is 1.89. The molecule has 0 aliphatic carbocycles. The van der Waals surface area contributed by atoms with Gasteiger partial charge in [0.05, 0.1) is 4.90 Å². The summed E-state index contributed by atoms with van der Waals surface area (Å²) in [6, 6.07) is 4.75. The summed E-state index contributed by atoms with van der Waals surface area (Å²) in [4.78, 5) is 10.4. The van der Waals surface area contributed by atoms with Crippen molar-refractivity contribution in [2.24, 2.45) is 0 Å². The lowest BCUT2D eigenvalue weighted by Crippen LogP contribution is -1.98. The van der Waals surface area contributed by atoms with Crippen molar-refractivity contribution in [3.8, 4) is 0 Å². The zero-order valence-electron chi connectivity index (χ0n) is 7.10. The lowest BCUT2D eigenvalue weighted by Gasteiger charge is -2.02. The molecule has 0 atom stereocenters. The van der Waals surface area contributed by atoms with E-state index in [9.17, 15) is 13.2 Å². The lowest BCUT2D eigenvalue weighted by molar-refractivity contribution is -0.105. The van der Waals surface area contributed by atoms with E-state index in [0.717, 1.165) is 5.41 Å². The van der Waals surface area contributed by atoms with Crippen LogP contribution in [-0.4, -0.2) is 14.8 Å². The molecular weight excluding hydrogens is 202 g/mol. The van der Waals surface area contributed by atoms with E-state index in [1.165, 1.54) is 12.1 Å². The molecular formula is C9H7NO3S. The SMILES string of the molecule is O=CNc1ccc2c(c1)S(=O)(=O)C=C2. The number of fused-ring (bicyclic) bond motifs is 1. The van der Waals surface area contributed by atoms with Gasteiger partial charge in [0.2, 0.25) is 16.2 Å². The van der Waals surface area contributed by atoms with Crippen LogP contribution in [0.1, 0.15) is 5.56 Å². The van der Waals surface area contributed by atoms with Crippen molar-refractivity contribution < 1.29 is 13.2 Å². The van der Waals surface area contributed by atoms with Gasteiger partial charge in [-0.05, 0) is 23.8 Å². The minimum absolute atomic E-state index is 0.240. The molecule has 0 bridgehead atoms. The van der Waals surface area contributed by atoms with E-state index in [-0.39, 0.29) is 4.90 Å². The standard InChI is InChI=1S/C9H7NO3S/c11-6-10-8-2-1-7-3-4-14(12,13)9(7)5-8/h1-6H,(H,10,11). The molecule has 0 saturated heterocycles. The van der Waals surface area contributed by atoms with Gasteiger partial charge >= 0.3 is 0 Å². The number of sulfone groups is 1. The number of carbonyl (C=O) groups is 1. The van der Waals surface area contributed by atoms with Gasteiger partial charge in [0.25, 0.3) is 0 Å². The van der Waals surface area contributed by atoms with Crippen LogP contribution >= 0.6 is 0 Å². The van der Waals surface area contributed by atoms with Crippen LogP contribution < -0.4 is 5.32 Å². The number of hydrogen-bond acceptors (Lipinski definition) is 3. The van der Waals surface area contributed by atoms with E-state index in [0.29, 0.717) is 17.7 Å². The average molecular weight is 209 g/mol. The number of anilines is 1. The fourth-order valence-electron chi connectivity index (χ4n) is 1.31. The molecule has 0 radical (unpaired) electrons. The summed E-state index contributed by atoms with van der Waals surface area (Å²) in [5.41, 5.74) is 1.13. The Hall–Kier alpha value is -1.62. The van der Waals surface area contributed by atoms with Gasteiger partial charge in [-0.25, -0.2) is 8.42 Å². The van der Waals surface area contributed by atoms with Gasteiger partial charge in [0, 0.05) is 11.1 Å². The Morgan fingerprint density at radius 2 is 2.07 bits per heavy atom. The minimum Gasteiger partial charge on any atom is -0.329 e. The van der Waals surface area contributed by atoms with Crippen molar-refractivity contribution >= 4 is 28.0 Å². The quantitative estimate of drug-likeness (QED) is 0.739. The van der Waals surface area contributed by atoms with Crippen LogP contribution in [0.5, 0.6) is 0 Å². The summed E-state index contributed by atoms with van der Waals surface area (Å²) in [6.45, 7) is 0. The highest BCUT2D eigenvalue weighted by molar-refractivity contribution is 7.94. The monoisotopic (exact) mass is 209 g/mol. The molecule has 0 spiro atoms. The first-order valence-corrected chi connectivity index (χ1v) is 5.45. The van der Waals surface area contributed by atoms with Crippen LogP contribution in [0.4, 0.5) is 5.69 Å². The zero-order valence-corrected chi connectivity index (χ0v) is 7.91. The Bertz CT molecular complexity index is 517. The third kappa shape index (κ3) is 1.31. The maximum atomic E-state index is 11.4. The van der Waals surface area contributed by atoms with E-state index < -0.39 is 9.84 Å². The number of hydrogen-bond donors (Lipinski definition) is 1. The molecule has 72 valence electrons. The van der Waals surface area contributed by atoms with Gasteiger partial charge in [-0.15, -0.1) is 0 Å². The van der Waals surface area contributed by atoms with Crippen LogP contribution in [0.2, 0.25) is 0 Å². The molecule has 5 heteroatoms. The second-order valence-electron chi connectivity index (χ2n) is 2.86. The lowest BCUT2D eigenvalue weighted by atomic mass is 10.2. The van der Waals surface area contributed by atoms with Crippen molar-refractivity contribution in [2.75, 3.05) is 5.32 Å². The topological polar surface area (TPSA) is 63.2 Å². The van der Waals surface area contributed by atoms with Crippen LogP contribution in [-0.2, 0) is 14.6 Å². The molecule has 4 nitrogen and oxygen atoms in total. The predicted octanol–water partition coefficient (Wildman–Crippen LogP) is 1.01. The van der Waals surface area contributed by atoms with Crippen molar-refractivity contribution in [1.29, 1.82) is 0 Å². The summed E-state index contributed by atoms with van der Waals surface area (Å²) < 4.78 is 22.8. The van der Waals surface area contributed by atoms with Crippen molar-refractivity contribution in [1.82, 2.24) is 0 Å². The first kappa shape index (κ1) is 8.96. The van der Waals surface area contributed by atoms with Gasteiger partial charge in [-0.3, -0.25) is 4.79 Å². The molecule has 1 amide bonds. The average Bonchev–Trinajstić information content (AvgIpc) is 2.44. The molecule has 1 aliphatic heterocycles. The second-order valence-corrected chi connectivity index (χ2v) is 4.66. The van der Waals surface area contributed by atoms with Crippen LogP contribution in [0, 0.1) is 0 Å². The largest absolute Gasteiger partial charge is 0.329 e. The van der Waals surface area contributed by atoms with Gasteiger partial charge in [-0.1, -0.05) is 6.07 Å². The van der Waals surface area contributed by atoms with Crippen LogP contribution in [0.25, 0.3) is 6.08 Å². The van der Waals surface area contributed by atoms with Crippen LogP contribution in [0.3, 0.4) is 0 Å². The summed E-state index contributed by atoms with van der Waals surface area (Å²) in [7, 11) is -3.28. The Balaban J connectivity index is 2.57. The van der Waals surface area contributed by atoms with Crippen LogP contribution in [0.15, 0.2) is 28.5 Å². The molecule has 1 aromatic rings. The molecule has 1 heterocycles.